The lowest BCUT2D eigenvalue weighted by Gasteiger charge is -2.15. The summed E-state index contributed by atoms with van der Waals surface area (Å²) in [5, 5.41) is 9.65. The molecule has 0 radical (unpaired) electrons. The number of aromatic amines is 1. The number of hydrogen-bond acceptors (Lipinski definition) is 5. The van der Waals surface area contributed by atoms with Gasteiger partial charge in [-0.2, -0.15) is 0 Å². The zero-order chi connectivity index (χ0) is 16.4. The van der Waals surface area contributed by atoms with Gasteiger partial charge >= 0.3 is 6.03 Å². The van der Waals surface area contributed by atoms with Gasteiger partial charge in [-0.3, -0.25) is 14.8 Å². The molecule has 1 fully saturated rings. The van der Waals surface area contributed by atoms with Crippen LogP contribution in [0.4, 0.5) is 4.79 Å². The third kappa shape index (κ3) is 3.40. The van der Waals surface area contributed by atoms with E-state index in [0.29, 0.717) is 24.1 Å². The van der Waals surface area contributed by atoms with Crippen molar-refractivity contribution in [2.75, 3.05) is 13.1 Å². The normalized spacial score (nSPS) is 15.6. The van der Waals surface area contributed by atoms with Crippen LogP contribution in [0.2, 0.25) is 0 Å². The van der Waals surface area contributed by atoms with Crippen LogP contribution in [0.25, 0.3) is 11.4 Å². The molecule has 2 N–H and O–H groups in total. The number of rotatable bonds is 4. The quantitative estimate of drug-likeness (QED) is 0.774. The topological polar surface area (TPSA) is 91.0 Å². The molecule has 3 rings (SSSR count). The molecule has 1 aliphatic heterocycles. The molecule has 9 heteroatoms. The summed E-state index contributed by atoms with van der Waals surface area (Å²) >= 11 is 4.69. The SMILES string of the molecule is C[C@@H](Sc1n[nH]c(-c2ccccc2Br)n1)C(=O)N1CCNC1=O. The van der Waals surface area contributed by atoms with Crippen LogP contribution in [-0.2, 0) is 4.79 Å². The fourth-order valence-electron chi connectivity index (χ4n) is 2.18. The smallest absolute Gasteiger partial charge is 0.324 e. The predicted octanol–water partition coefficient (Wildman–Crippen LogP) is 2.27. The minimum absolute atomic E-state index is 0.239. The molecule has 1 aliphatic rings. The monoisotopic (exact) mass is 395 g/mol. The Hall–Kier alpha value is -1.87. The van der Waals surface area contributed by atoms with E-state index in [9.17, 15) is 9.59 Å². The standard InChI is InChI=1S/C14H14BrN5O2S/c1-8(12(21)20-7-6-16-14(20)22)23-13-17-11(18-19-13)9-4-2-3-5-10(9)15/h2-5,8H,6-7H2,1H3,(H,16,22)(H,17,18,19)/t8-/m1/s1. The zero-order valence-corrected chi connectivity index (χ0v) is 14.6. The van der Waals surface area contributed by atoms with Gasteiger partial charge in [0.1, 0.15) is 0 Å². The summed E-state index contributed by atoms with van der Waals surface area (Å²) in [5.41, 5.74) is 0.893. The highest BCUT2D eigenvalue weighted by molar-refractivity contribution is 9.10. The Labute approximate surface area is 145 Å². The maximum atomic E-state index is 12.3. The summed E-state index contributed by atoms with van der Waals surface area (Å²) in [5.74, 6) is 0.385. The van der Waals surface area contributed by atoms with Crippen molar-refractivity contribution < 1.29 is 9.59 Å². The van der Waals surface area contributed by atoms with Gasteiger partial charge < -0.3 is 5.32 Å². The Morgan fingerprint density at radius 3 is 2.91 bits per heavy atom. The number of hydrogen-bond donors (Lipinski definition) is 2. The van der Waals surface area contributed by atoms with Crippen molar-refractivity contribution in [3.05, 3.63) is 28.7 Å². The lowest BCUT2D eigenvalue weighted by molar-refractivity contribution is -0.126. The highest BCUT2D eigenvalue weighted by Crippen LogP contribution is 2.28. The van der Waals surface area contributed by atoms with Gasteiger partial charge in [-0.25, -0.2) is 9.78 Å². The number of aromatic nitrogens is 3. The number of carbonyl (C=O) groups is 2. The van der Waals surface area contributed by atoms with Gasteiger partial charge in [-0.1, -0.05) is 45.9 Å². The molecule has 1 aromatic heterocycles. The number of benzene rings is 1. The van der Waals surface area contributed by atoms with Gasteiger partial charge in [0.15, 0.2) is 5.82 Å². The lowest BCUT2D eigenvalue weighted by atomic mass is 10.2. The second kappa shape index (κ2) is 6.71. The first-order valence-electron chi connectivity index (χ1n) is 6.99. The maximum Gasteiger partial charge on any atom is 0.324 e. The zero-order valence-electron chi connectivity index (χ0n) is 12.2. The largest absolute Gasteiger partial charge is 0.336 e. The summed E-state index contributed by atoms with van der Waals surface area (Å²) in [7, 11) is 0. The van der Waals surface area contributed by atoms with E-state index in [2.05, 4.69) is 36.4 Å². The molecule has 120 valence electrons. The number of amides is 3. The third-order valence-electron chi connectivity index (χ3n) is 3.35. The highest BCUT2D eigenvalue weighted by atomic mass is 79.9. The van der Waals surface area contributed by atoms with Crippen LogP contribution < -0.4 is 5.32 Å². The van der Waals surface area contributed by atoms with Crippen LogP contribution in [0, 0.1) is 0 Å². The number of nitrogens with one attached hydrogen (secondary N) is 2. The number of thioether (sulfide) groups is 1. The first kappa shape index (κ1) is 16.0. The third-order valence-corrected chi connectivity index (χ3v) is 4.99. The number of nitrogens with zero attached hydrogens (tertiary/aromatic N) is 3. The molecule has 3 amide bonds. The first-order valence-corrected chi connectivity index (χ1v) is 8.66. The summed E-state index contributed by atoms with van der Waals surface area (Å²) in [6.07, 6.45) is 0. The first-order chi connectivity index (χ1) is 11.1. The number of H-pyrrole nitrogens is 1. The van der Waals surface area contributed by atoms with E-state index in [-0.39, 0.29) is 11.9 Å². The van der Waals surface area contributed by atoms with Crippen molar-refractivity contribution in [1.82, 2.24) is 25.4 Å². The van der Waals surface area contributed by atoms with Gasteiger partial charge in [-0.05, 0) is 13.0 Å². The summed E-state index contributed by atoms with van der Waals surface area (Å²) < 4.78 is 0.908. The van der Waals surface area contributed by atoms with Crippen LogP contribution in [0.1, 0.15) is 6.92 Å². The van der Waals surface area contributed by atoms with Crippen molar-refractivity contribution >= 4 is 39.6 Å². The van der Waals surface area contributed by atoms with E-state index >= 15 is 0 Å². The Morgan fingerprint density at radius 2 is 2.22 bits per heavy atom. The van der Waals surface area contributed by atoms with Gasteiger partial charge in [0, 0.05) is 23.1 Å². The molecule has 0 bridgehead atoms. The van der Waals surface area contributed by atoms with Gasteiger partial charge in [0.2, 0.25) is 11.1 Å². The molecule has 1 saturated heterocycles. The van der Waals surface area contributed by atoms with Crippen molar-refractivity contribution in [1.29, 1.82) is 0 Å². The molecule has 1 aromatic carbocycles. The number of halogens is 1. The Bertz CT molecular complexity index is 750. The highest BCUT2D eigenvalue weighted by Gasteiger charge is 2.30. The second-order valence-electron chi connectivity index (χ2n) is 4.93. The average Bonchev–Trinajstić information content (AvgIpc) is 3.16. The second-order valence-corrected chi connectivity index (χ2v) is 7.09. The van der Waals surface area contributed by atoms with Crippen LogP contribution in [0.5, 0.6) is 0 Å². The van der Waals surface area contributed by atoms with Gasteiger partial charge in [0.05, 0.1) is 5.25 Å². The summed E-state index contributed by atoms with van der Waals surface area (Å²) in [4.78, 5) is 29.4. The molecule has 1 atom stereocenters. The molecule has 0 saturated carbocycles. The molecule has 2 heterocycles. The van der Waals surface area contributed by atoms with E-state index < -0.39 is 5.25 Å². The fourth-order valence-corrected chi connectivity index (χ4v) is 3.44. The summed E-state index contributed by atoms with van der Waals surface area (Å²) in [6, 6.07) is 7.33. The van der Waals surface area contributed by atoms with Crippen molar-refractivity contribution in [3.8, 4) is 11.4 Å². The van der Waals surface area contributed by atoms with E-state index in [1.54, 1.807) is 6.92 Å². The predicted molar refractivity (Wildman–Crippen MR) is 89.9 cm³/mol. The fraction of sp³-hybridized carbons (Fsp3) is 0.286. The molecule has 0 unspecified atom stereocenters. The van der Waals surface area contributed by atoms with Crippen molar-refractivity contribution in [2.24, 2.45) is 0 Å². The van der Waals surface area contributed by atoms with E-state index in [1.165, 1.54) is 16.7 Å². The number of imide groups is 1. The molecular formula is C14H14BrN5O2S. The maximum absolute atomic E-state index is 12.3. The molecule has 23 heavy (non-hydrogen) atoms. The molecule has 0 spiro atoms. The summed E-state index contributed by atoms with van der Waals surface area (Å²) in [6.45, 7) is 2.64. The Kier molecular flexibility index (Phi) is 4.67. The van der Waals surface area contributed by atoms with Crippen LogP contribution >= 0.6 is 27.7 Å². The van der Waals surface area contributed by atoms with Gasteiger partial charge in [0.25, 0.3) is 0 Å². The van der Waals surface area contributed by atoms with E-state index in [0.717, 1.165) is 10.0 Å². The van der Waals surface area contributed by atoms with Crippen molar-refractivity contribution in [3.63, 3.8) is 0 Å². The molecular weight excluding hydrogens is 382 g/mol. The average molecular weight is 396 g/mol. The molecule has 7 nitrogen and oxygen atoms in total. The molecule has 0 aliphatic carbocycles. The van der Waals surface area contributed by atoms with Crippen LogP contribution in [0.15, 0.2) is 33.9 Å². The Morgan fingerprint density at radius 1 is 1.43 bits per heavy atom. The minimum Gasteiger partial charge on any atom is -0.336 e. The molecule has 2 aromatic rings. The van der Waals surface area contributed by atoms with Gasteiger partial charge in [-0.15, -0.1) is 5.10 Å². The Balaban J connectivity index is 1.70. The lowest BCUT2D eigenvalue weighted by Crippen LogP contribution is -2.38. The van der Waals surface area contributed by atoms with Crippen LogP contribution in [0.3, 0.4) is 0 Å². The van der Waals surface area contributed by atoms with E-state index in [1.807, 2.05) is 24.3 Å². The minimum atomic E-state index is -0.443. The number of urea groups is 1. The van der Waals surface area contributed by atoms with Crippen molar-refractivity contribution in [2.45, 2.75) is 17.3 Å². The van der Waals surface area contributed by atoms with Crippen LogP contribution in [-0.4, -0.2) is 50.4 Å². The van der Waals surface area contributed by atoms with E-state index in [4.69, 9.17) is 0 Å². The number of carbonyl (C=O) groups excluding carboxylic acids is 2.